The van der Waals surface area contributed by atoms with Crippen LogP contribution in [0.3, 0.4) is 0 Å². The highest BCUT2D eigenvalue weighted by molar-refractivity contribution is 6.10. The predicted octanol–water partition coefficient (Wildman–Crippen LogP) is 3.33. The molecule has 148 valence electrons. The van der Waals surface area contributed by atoms with Crippen LogP contribution in [0.25, 0.3) is 10.9 Å². The van der Waals surface area contributed by atoms with E-state index in [9.17, 15) is 14.4 Å². The first kappa shape index (κ1) is 18.9. The first-order valence-corrected chi connectivity index (χ1v) is 9.65. The van der Waals surface area contributed by atoms with Crippen molar-refractivity contribution in [2.75, 3.05) is 6.54 Å². The Labute approximate surface area is 168 Å². The van der Waals surface area contributed by atoms with E-state index in [2.05, 4.69) is 4.98 Å². The fraction of sp³-hybridized carbons (Fsp3) is 0.261. The van der Waals surface area contributed by atoms with E-state index in [1.165, 1.54) is 0 Å². The number of amides is 1. The molecule has 1 aliphatic rings. The molecule has 1 saturated heterocycles. The molecule has 0 radical (unpaired) electrons. The van der Waals surface area contributed by atoms with Gasteiger partial charge in [0, 0.05) is 42.2 Å². The number of Topliss-reactive ketones (excluding diaryl/α,β-unsaturated/α-hetero) is 1. The van der Waals surface area contributed by atoms with Gasteiger partial charge in [0.1, 0.15) is 0 Å². The number of fused-ring (bicyclic) bond motifs is 1. The van der Waals surface area contributed by atoms with Crippen LogP contribution in [0.2, 0.25) is 0 Å². The molecule has 6 nitrogen and oxygen atoms in total. The molecule has 2 heterocycles. The number of ketones is 1. The summed E-state index contributed by atoms with van der Waals surface area (Å²) in [6, 6.07) is 17.1. The number of para-hydroxylation sites is 1. The lowest BCUT2D eigenvalue weighted by Gasteiger charge is -2.17. The summed E-state index contributed by atoms with van der Waals surface area (Å²) in [7, 11) is 0. The van der Waals surface area contributed by atoms with Gasteiger partial charge in [-0.2, -0.15) is 0 Å². The number of carbonyl (C=O) groups excluding carboxylic acids is 3. The van der Waals surface area contributed by atoms with Gasteiger partial charge in [0.15, 0.2) is 6.10 Å². The zero-order valence-corrected chi connectivity index (χ0v) is 16.1. The van der Waals surface area contributed by atoms with E-state index in [1.807, 2.05) is 54.6 Å². The molecule has 0 spiro atoms. The van der Waals surface area contributed by atoms with Gasteiger partial charge in [-0.25, -0.2) is 0 Å². The molecule has 3 aromatic rings. The maximum atomic E-state index is 12.8. The summed E-state index contributed by atoms with van der Waals surface area (Å²) in [6.07, 6.45) is 0.831. The van der Waals surface area contributed by atoms with Crippen LogP contribution in [0.5, 0.6) is 0 Å². The summed E-state index contributed by atoms with van der Waals surface area (Å²) in [5.74, 6) is -1.40. The molecular weight excluding hydrogens is 368 g/mol. The van der Waals surface area contributed by atoms with Gasteiger partial charge in [0.05, 0.1) is 5.92 Å². The van der Waals surface area contributed by atoms with Crippen LogP contribution in [-0.2, 0) is 20.9 Å². The highest BCUT2D eigenvalue weighted by Gasteiger charge is 2.36. The van der Waals surface area contributed by atoms with E-state index in [4.69, 9.17) is 4.74 Å². The highest BCUT2D eigenvalue weighted by atomic mass is 16.5. The topological polar surface area (TPSA) is 79.5 Å². The number of likely N-dealkylation sites (tertiary alicyclic amines) is 1. The number of H-pyrrole nitrogens is 1. The quantitative estimate of drug-likeness (QED) is 0.517. The second-order valence-corrected chi connectivity index (χ2v) is 7.35. The second kappa shape index (κ2) is 7.91. The van der Waals surface area contributed by atoms with E-state index in [0.29, 0.717) is 18.7 Å². The Morgan fingerprint density at radius 2 is 1.86 bits per heavy atom. The molecule has 29 heavy (non-hydrogen) atoms. The number of nitrogens with one attached hydrogen (secondary N) is 1. The molecule has 1 aromatic heterocycles. The number of ether oxygens (including phenoxy) is 1. The lowest BCUT2D eigenvalue weighted by atomic mass is 10.1. The number of hydrogen-bond donors (Lipinski definition) is 1. The minimum atomic E-state index is -0.917. The maximum Gasteiger partial charge on any atom is 0.311 e. The fourth-order valence-electron chi connectivity index (χ4n) is 3.71. The standard InChI is InChI=1S/C23H22N2O4/c1-15(22(27)19-12-24-20-10-6-5-9-18(19)20)29-23(28)17-11-21(26)25(14-17)13-16-7-3-2-4-8-16/h2-10,12,15,17,24H,11,13-14H2,1H3/t15-,17-/m1/s1. The minimum absolute atomic E-state index is 0.0774. The molecule has 1 aliphatic heterocycles. The smallest absolute Gasteiger partial charge is 0.311 e. The second-order valence-electron chi connectivity index (χ2n) is 7.35. The van der Waals surface area contributed by atoms with E-state index >= 15 is 0 Å². The van der Waals surface area contributed by atoms with E-state index in [1.54, 1.807) is 18.0 Å². The third kappa shape index (κ3) is 3.92. The lowest BCUT2D eigenvalue weighted by Crippen LogP contribution is -2.30. The van der Waals surface area contributed by atoms with Crippen molar-refractivity contribution in [2.24, 2.45) is 5.92 Å². The van der Waals surface area contributed by atoms with Crippen LogP contribution in [-0.4, -0.2) is 40.2 Å². The molecule has 0 saturated carbocycles. The van der Waals surface area contributed by atoms with E-state index < -0.39 is 18.0 Å². The Bertz CT molecular complexity index is 1060. The Hall–Kier alpha value is -3.41. The third-order valence-electron chi connectivity index (χ3n) is 5.28. The Morgan fingerprint density at radius 3 is 2.66 bits per heavy atom. The molecule has 0 unspecified atom stereocenters. The largest absolute Gasteiger partial charge is 0.454 e. The molecule has 1 fully saturated rings. The molecule has 1 amide bonds. The normalized spacial score (nSPS) is 17.5. The van der Waals surface area contributed by atoms with Crippen LogP contribution in [0, 0.1) is 5.92 Å². The van der Waals surface area contributed by atoms with Gasteiger partial charge in [-0.3, -0.25) is 14.4 Å². The zero-order valence-electron chi connectivity index (χ0n) is 16.1. The third-order valence-corrected chi connectivity index (χ3v) is 5.28. The van der Waals surface area contributed by atoms with Gasteiger partial charge >= 0.3 is 5.97 Å². The maximum absolute atomic E-state index is 12.8. The van der Waals surface area contributed by atoms with Crippen molar-refractivity contribution in [1.82, 2.24) is 9.88 Å². The van der Waals surface area contributed by atoms with E-state index in [-0.39, 0.29) is 18.1 Å². The van der Waals surface area contributed by atoms with Gasteiger partial charge in [0.2, 0.25) is 11.7 Å². The summed E-state index contributed by atoms with van der Waals surface area (Å²) in [5, 5.41) is 0.797. The zero-order chi connectivity index (χ0) is 20.4. The Morgan fingerprint density at radius 1 is 1.14 bits per heavy atom. The van der Waals surface area contributed by atoms with Crippen LogP contribution in [0.15, 0.2) is 60.8 Å². The van der Waals surface area contributed by atoms with Crippen molar-refractivity contribution in [3.8, 4) is 0 Å². The van der Waals surface area contributed by atoms with Crippen molar-refractivity contribution in [1.29, 1.82) is 0 Å². The van der Waals surface area contributed by atoms with Crippen LogP contribution in [0.1, 0.15) is 29.3 Å². The summed E-state index contributed by atoms with van der Waals surface area (Å²) in [4.78, 5) is 42.3. The van der Waals surface area contributed by atoms with Crippen molar-refractivity contribution in [2.45, 2.75) is 26.0 Å². The molecule has 0 bridgehead atoms. The fourth-order valence-corrected chi connectivity index (χ4v) is 3.71. The monoisotopic (exact) mass is 390 g/mol. The molecule has 0 aliphatic carbocycles. The van der Waals surface area contributed by atoms with E-state index in [0.717, 1.165) is 16.5 Å². The van der Waals surface area contributed by atoms with Crippen LogP contribution in [0.4, 0.5) is 0 Å². The van der Waals surface area contributed by atoms with Crippen molar-refractivity contribution in [3.63, 3.8) is 0 Å². The van der Waals surface area contributed by atoms with Gasteiger partial charge in [-0.15, -0.1) is 0 Å². The number of aromatic amines is 1. The summed E-state index contributed by atoms with van der Waals surface area (Å²) >= 11 is 0. The predicted molar refractivity (Wildman–Crippen MR) is 108 cm³/mol. The summed E-state index contributed by atoms with van der Waals surface area (Å²) < 4.78 is 5.43. The number of esters is 1. The average Bonchev–Trinajstić information content (AvgIpc) is 3.32. The lowest BCUT2D eigenvalue weighted by molar-refractivity contribution is -0.151. The molecule has 1 N–H and O–H groups in total. The first-order chi connectivity index (χ1) is 14.0. The van der Waals surface area contributed by atoms with Crippen molar-refractivity contribution >= 4 is 28.6 Å². The van der Waals surface area contributed by atoms with Crippen LogP contribution < -0.4 is 0 Å². The molecule has 4 rings (SSSR count). The Kier molecular flexibility index (Phi) is 5.16. The SMILES string of the molecule is C[C@@H](OC(=O)[C@@H]1CC(=O)N(Cc2ccccc2)C1)C(=O)c1c[nH]c2ccccc12. The van der Waals surface area contributed by atoms with Gasteiger partial charge in [-0.1, -0.05) is 48.5 Å². The number of benzene rings is 2. The summed E-state index contributed by atoms with van der Waals surface area (Å²) in [6.45, 7) is 2.34. The summed E-state index contributed by atoms with van der Waals surface area (Å²) in [5.41, 5.74) is 2.36. The van der Waals surface area contributed by atoms with Gasteiger partial charge < -0.3 is 14.6 Å². The molecular formula is C23H22N2O4. The first-order valence-electron chi connectivity index (χ1n) is 9.65. The van der Waals surface area contributed by atoms with Gasteiger partial charge in [0.25, 0.3) is 0 Å². The van der Waals surface area contributed by atoms with Crippen molar-refractivity contribution < 1.29 is 19.1 Å². The number of nitrogens with zero attached hydrogens (tertiary/aromatic N) is 1. The molecule has 2 aromatic carbocycles. The minimum Gasteiger partial charge on any atom is -0.454 e. The number of aromatic nitrogens is 1. The Balaban J connectivity index is 1.38. The highest BCUT2D eigenvalue weighted by Crippen LogP contribution is 2.24. The number of carbonyl (C=O) groups is 3. The molecule has 2 atom stereocenters. The van der Waals surface area contributed by atoms with Gasteiger partial charge in [-0.05, 0) is 18.6 Å². The number of rotatable bonds is 6. The molecule has 6 heteroatoms. The number of hydrogen-bond acceptors (Lipinski definition) is 4. The van der Waals surface area contributed by atoms with Crippen molar-refractivity contribution in [3.05, 3.63) is 71.9 Å². The van der Waals surface area contributed by atoms with Crippen LogP contribution >= 0.6 is 0 Å². The average molecular weight is 390 g/mol.